The highest BCUT2D eigenvalue weighted by molar-refractivity contribution is 5.80. The molecule has 1 aromatic heterocycles. The minimum atomic E-state index is -0.284. The maximum atomic E-state index is 13.4. The van der Waals surface area contributed by atoms with E-state index in [1.165, 1.54) is 12.1 Å². The van der Waals surface area contributed by atoms with Gasteiger partial charge in [0.2, 0.25) is 5.91 Å². The first-order valence-corrected chi connectivity index (χ1v) is 7.78. The fourth-order valence-electron chi connectivity index (χ4n) is 3.31. The third kappa shape index (κ3) is 2.70. The highest BCUT2D eigenvalue weighted by Gasteiger charge is 2.28. The summed E-state index contributed by atoms with van der Waals surface area (Å²) in [4.78, 5) is 18.3. The molecule has 1 saturated heterocycles. The number of aryl methyl sites for hydroxylation is 1. The molecule has 6 heteroatoms. The van der Waals surface area contributed by atoms with Gasteiger partial charge in [0.1, 0.15) is 11.6 Å². The molecule has 2 aromatic rings. The molecule has 1 aliphatic heterocycles. The summed E-state index contributed by atoms with van der Waals surface area (Å²) in [7, 11) is 0. The van der Waals surface area contributed by atoms with Crippen LogP contribution in [0.5, 0.6) is 0 Å². The van der Waals surface area contributed by atoms with Crippen LogP contribution in [0.25, 0.3) is 11.0 Å². The minimum Gasteiger partial charge on any atom is -0.368 e. The van der Waals surface area contributed by atoms with Crippen molar-refractivity contribution in [3.63, 3.8) is 0 Å². The van der Waals surface area contributed by atoms with Crippen LogP contribution in [-0.4, -0.2) is 32.9 Å². The zero-order valence-electron chi connectivity index (χ0n) is 12.8. The van der Waals surface area contributed by atoms with E-state index in [2.05, 4.69) is 14.5 Å². The van der Waals surface area contributed by atoms with Gasteiger partial charge in [-0.1, -0.05) is 6.42 Å². The zero-order valence-corrected chi connectivity index (χ0v) is 12.8. The van der Waals surface area contributed by atoms with Crippen LogP contribution >= 0.6 is 0 Å². The lowest BCUT2D eigenvalue weighted by Crippen LogP contribution is -2.47. The number of amides is 1. The molecule has 3 rings (SSSR count). The van der Waals surface area contributed by atoms with Crippen LogP contribution in [-0.2, 0) is 17.9 Å². The number of carbonyl (C=O) groups is 1. The maximum Gasteiger partial charge on any atom is 0.234 e. The summed E-state index contributed by atoms with van der Waals surface area (Å²) in [5, 5.41) is 0. The molecule has 5 nitrogen and oxygen atoms in total. The largest absolute Gasteiger partial charge is 0.368 e. The van der Waals surface area contributed by atoms with Crippen LogP contribution in [0.4, 0.5) is 4.39 Å². The smallest absolute Gasteiger partial charge is 0.234 e. The molecule has 1 amide bonds. The van der Waals surface area contributed by atoms with Gasteiger partial charge in [-0.3, -0.25) is 9.69 Å². The van der Waals surface area contributed by atoms with Crippen molar-refractivity contribution in [3.8, 4) is 0 Å². The second kappa shape index (κ2) is 6.04. The predicted octanol–water partition coefficient (Wildman–Crippen LogP) is 2.04. The van der Waals surface area contributed by atoms with Crippen LogP contribution in [0.2, 0.25) is 0 Å². The molecule has 22 heavy (non-hydrogen) atoms. The molecule has 0 aliphatic carbocycles. The number of nitrogens with two attached hydrogens (primary N) is 1. The van der Waals surface area contributed by atoms with Gasteiger partial charge in [0, 0.05) is 12.6 Å². The lowest BCUT2D eigenvalue weighted by molar-refractivity contribution is -0.124. The molecule has 0 unspecified atom stereocenters. The summed E-state index contributed by atoms with van der Waals surface area (Å²) < 4.78 is 15.5. The van der Waals surface area contributed by atoms with Gasteiger partial charge in [-0.05, 0) is 38.4 Å². The Hall–Kier alpha value is -1.95. The summed E-state index contributed by atoms with van der Waals surface area (Å²) in [6.07, 6.45) is 2.89. The Morgan fingerprint density at radius 2 is 2.27 bits per heavy atom. The van der Waals surface area contributed by atoms with E-state index in [4.69, 9.17) is 5.73 Å². The van der Waals surface area contributed by atoms with Gasteiger partial charge < -0.3 is 10.3 Å². The van der Waals surface area contributed by atoms with Crippen LogP contribution in [0.1, 0.15) is 32.0 Å². The average Bonchev–Trinajstić information content (AvgIpc) is 2.83. The topological polar surface area (TPSA) is 64.2 Å². The fourth-order valence-corrected chi connectivity index (χ4v) is 3.31. The Kier molecular flexibility index (Phi) is 4.11. The summed E-state index contributed by atoms with van der Waals surface area (Å²) in [5.74, 6) is 0.300. The highest BCUT2D eigenvalue weighted by Crippen LogP contribution is 2.22. The summed E-state index contributed by atoms with van der Waals surface area (Å²) >= 11 is 0. The molecule has 0 spiro atoms. The minimum absolute atomic E-state index is 0.226. The SMILES string of the molecule is CCn1c(CN2CCCC[C@H]2C(N)=O)nc2cc(F)ccc21. The molecule has 1 fully saturated rings. The zero-order chi connectivity index (χ0) is 15.7. The third-order valence-corrected chi connectivity index (χ3v) is 4.39. The molecule has 0 radical (unpaired) electrons. The first kappa shape index (κ1) is 15.0. The molecule has 1 atom stereocenters. The second-order valence-electron chi connectivity index (χ2n) is 5.79. The number of likely N-dealkylation sites (tertiary alicyclic amines) is 1. The molecule has 118 valence electrons. The van der Waals surface area contributed by atoms with Crippen LogP contribution < -0.4 is 5.73 Å². The van der Waals surface area contributed by atoms with Crippen molar-refractivity contribution in [2.45, 2.75) is 45.3 Å². The molecule has 2 N–H and O–H groups in total. The summed E-state index contributed by atoms with van der Waals surface area (Å²) in [5.41, 5.74) is 7.10. The highest BCUT2D eigenvalue weighted by atomic mass is 19.1. The lowest BCUT2D eigenvalue weighted by atomic mass is 10.0. The number of rotatable bonds is 4. The second-order valence-corrected chi connectivity index (χ2v) is 5.79. The van der Waals surface area contributed by atoms with Crippen molar-refractivity contribution >= 4 is 16.9 Å². The monoisotopic (exact) mass is 304 g/mol. The van der Waals surface area contributed by atoms with Crippen molar-refractivity contribution in [3.05, 3.63) is 29.8 Å². The molecule has 1 aliphatic rings. The number of imidazole rings is 1. The number of piperidine rings is 1. The number of hydrogen-bond acceptors (Lipinski definition) is 3. The van der Waals surface area contributed by atoms with Gasteiger partial charge in [0.15, 0.2) is 0 Å². The number of hydrogen-bond donors (Lipinski definition) is 1. The van der Waals surface area contributed by atoms with Gasteiger partial charge in [-0.25, -0.2) is 9.37 Å². The summed E-state index contributed by atoms with van der Waals surface area (Å²) in [6, 6.07) is 4.43. The van der Waals surface area contributed by atoms with Crippen molar-refractivity contribution in [2.75, 3.05) is 6.54 Å². The number of primary amides is 1. The van der Waals surface area contributed by atoms with E-state index in [-0.39, 0.29) is 17.8 Å². The first-order chi connectivity index (χ1) is 10.6. The van der Waals surface area contributed by atoms with Crippen LogP contribution in [0.3, 0.4) is 0 Å². The number of aromatic nitrogens is 2. The molecular formula is C16H21FN4O. The quantitative estimate of drug-likeness (QED) is 0.940. The predicted molar refractivity (Wildman–Crippen MR) is 82.6 cm³/mol. The number of benzene rings is 1. The third-order valence-electron chi connectivity index (χ3n) is 4.39. The Morgan fingerprint density at radius 3 is 3.00 bits per heavy atom. The Bertz CT molecular complexity index is 697. The van der Waals surface area contributed by atoms with E-state index in [1.807, 2.05) is 6.92 Å². The average molecular weight is 304 g/mol. The van der Waals surface area contributed by atoms with E-state index >= 15 is 0 Å². The van der Waals surface area contributed by atoms with Gasteiger partial charge in [-0.2, -0.15) is 0 Å². The molecule has 1 aromatic carbocycles. The van der Waals surface area contributed by atoms with E-state index in [9.17, 15) is 9.18 Å². The van der Waals surface area contributed by atoms with Crippen molar-refractivity contribution < 1.29 is 9.18 Å². The fraction of sp³-hybridized carbons (Fsp3) is 0.500. The maximum absolute atomic E-state index is 13.4. The molecule has 0 saturated carbocycles. The van der Waals surface area contributed by atoms with Crippen LogP contribution in [0.15, 0.2) is 18.2 Å². The van der Waals surface area contributed by atoms with E-state index in [0.29, 0.717) is 12.1 Å². The molecule has 0 bridgehead atoms. The van der Waals surface area contributed by atoms with Crippen molar-refractivity contribution in [1.29, 1.82) is 0 Å². The van der Waals surface area contributed by atoms with Gasteiger partial charge in [0.05, 0.1) is 23.6 Å². The number of nitrogens with zero attached hydrogens (tertiary/aromatic N) is 3. The van der Waals surface area contributed by atoms with Crippen molar-refractivity contribution in [1.82, 2.24) is 14.5 Å². The van der Waals surface area contributed by atoms with E-state index < -0.39 is 0 Å². The number of halogens is 1. The lowest BCUT2D eigenvalue weighted by Gasteiger charge is -2.33. The van der Waals surface area contributed by atoms with Crippen molar-refractivity contribution in [2.24, 2.45) is 5.73 Å². The van der Waals surface area contributed by atoms with E-state index in [0.717, 1.165) is 43.7 Å². The normalized spacial score (nSPS) is 19.6. The Balaban J connectivity index is 1.93. The molecular weight excluding hydrogens is 283 g/mol. The number of fused-ring (bicyclic) bond motifs is 1. The Labute approximate surface area is 128 Å². The van der Waals surface area contributed by atoms with Gasteiger partial charge >= 0.3 is 0 Å². The van der Waals surface area contributed by atoms with E-state index in [1.54, 1.807) is 6.07 Å². The number of carbonyl (C=O) groups excluding carboxylic acids is 1. The van der Waals surface area contributed by atoms with Gasteiger partial charge in [0.25, 0.3) is 0 Å². The summed E-state index contributed by atoms with van der Waals surface area (Å²) in [6.45, 7) is 4.20. The standard InChI is InChI=1S/C16H21FN4O/c1-2-21-13-7-6-11(17)9-12(13)19-15(21)10-20-8-4-3-5-14(20)16(18)22/h6-7,9,14H,2-5,8,10H2,1H3,(H2,18,22)/t14-/m0/s1. The van der Waals surface area contributed by atoms with Gasteiger partial charge in [-0.15, -0.1) is 0 Å². The Morgan fingerprint density at radius 1 is 1.45 bits per heavy atom. The van der Waals surface area contributed by atoms with Crippen LogP contribution in [0, 0.1) is 5.82 Å². The first-order valence-electron chi connectivity index (χ1n) is 7.78. The molecule has 2 heterocycles.